The van der Waals surface area contributed by atoms with Crippen LogP contribution in [0.2, 0.25) is 0 Å². The topological polar surface area (TPSA) is 17.1 Å². The predicted molar refractivity (Wildman–Crippen MR) is 62.2 cm³/mol. The third-order valence-electron chi connectivity index (χ3n) is 1.83. The van der Waals surface area contributed by atoms with Crippen molar-refractivity contribution in [3.8, 4) is 0 Å². The molecule has 0 radical (unpaired) electrons. The first kappa shape index (κ1) is 9.24. The SMILES string of the molecule is O=Cc1c(S)cc2sccc2c1Br. The van der Waals surface area contributed by atoms with Crippen molar-refractivity contribution in [2.24, 2.45) is 0 Å². The number of rotatable bonds is 1. The summed E-state index contributed by atoms with van der Waals surface area (Å²) in [5.41, 5.74) is 0.620. The zero-order valence-corrected chi connectivity index (χ0v) is 9.75. The van der Waals surface area contributed by atoms with Crippen molar-refractivity contribution in [1.29, 1.82) is 0 Å². The molecule has 0 amide bonds. The highest BCUT2D eigenvalue weighted by molar-refractivity contribution is 9.10. The number of thiophene rings is 1. The second-order valence-corrected chi connectivity index (χ2v) is 4.80. The normalized spacial score (nSPS) is 10.6. The molecule has 13 heavy (non-hydrogen) atoms. The summed E-state index contributed by atoms with van der Waals surface area (Å²) in [7, 11) is 0. The Hall–Kier alpha value is -0.320. The predicted octanol–water partition coefficient (Wildman–Crippen LogP) is 3.77. The lowest BCUT2D eigenvalue weighted by atomic mass is 10.2. The third-order valence-corrected chi connectivity index (χ3v) is 3.92. The summed E-state index contributed by atoms with van der Waals surface area (Å²) in [4.78, 5) is 11.5. The number of hydrogen-bond acceptors (Lipinski definition) is 3. The standard InChI is InChI=1S/C9H5BrOS2/c10-9-5-1-2-13-8(5)3-7(12)6(9)4-11/h1-4,12H. The van der Waals surface area contributed by atoms with E-state index in [2.05, 4.69) is 28.6 Å². The zero-order valence-electron chi connectivity index (χ0n) is 6.45. The van der Waals surface area contributed by atoms with Gasteiger partial charge in [0.25, 0.3) is 0 Å². The molecule has 4 heteroatoms. The molecule has 1 heterocycles. The van der Waals surface area contributed by atoms with E-state index >= 15 is 0 Å². The van der Waals surface area contributed by atoms with E-state index < -0.39 is 0 Å². The van der Waals surface area contributed by atoms with Gasteiger partial charge in [0.1, 0.15) is 0 Å². The minimum Gasteiger partial charge on any atom is -0.298 e. The van der Waals surface area contributed by atoms with E-state index in [4.69, 9.17) is 0 Å². The van der Waals surface area contributed by atoms with Gasteiger partial charge in [-0.05, 0) is 33.4 Å². The number of benzene rings is 1. The van der Waals surface area contributed by atoms with E-state index in [1.54, 1.807) is 11.3 Å². The minimum atomic E-state index is 0.620. The number of halogens is 1. The molecule has 1 nitrogen and oxygen atoms in total. The molecule has 0 N–H and O–H groups in total. The van der Waals surface area contributed by atoms with Gasteiger partial charge in [-0.25, -0.2) is 0 Å². The molecule has 0 fully saturated rings. The summed E-state index contributed by atoms with van der Waals surface area (Å²) in [5, 5.41) is 3.07. The van der Waals surface area contributed by atoms with Crippen LogP contribution >= 0.6 is 39.9 Å². The van der Waals surface area contributed by atoms with Crippen molar-refractivity contribution in [3.05, 3.63) is 27.5 Å². The highest BCUT2D eigenvalue weighted by Gasteiger charge is 2.08. The molecule has 0 bridgehead atoms. The Bertz CT molecular complexity index is 476. The lowest BCUT2D eigenvalue weighted by Gasteiger charge is -2.01. The molecule has 1 aromatic carbocycles. The second-order valence-electron chi connectivity index (χ2n) is 2.57. The Morgan fingerprint density at radius 3 is 3.00 bits per heavy atom. The lowest BCUT2D eigenvalue weighted by molar-refractivity contribution is 0.112. The molecule has 2 rings (SSSR count). The quantitative estimate of drug-likeness (QED) is 0.618. The van der Waals surface area contributed by atoms with Crippen molar-refractivity contribution < 1.29 is 4.79 Å². The average Bonchev–Trinajstić information content (AvgIpc) is 2.53. The van der Waals surface area contributed by atoms with Gasteiger partial charge in [-0.15, -0.1) is 24.0 Å². The van der Waals surface area contributed by atoms with Gasteiger partial charge in [0.2, 0.25) is 0 Å². The summed E-state index contributed by atoms with van der Waals surface area (Å²) < 4.78 is 1.98. The van der Waals surface area contributed by atoms with Crippen LogP contribution in [0.4, 0.5) is 0 Å². The van der Waals surface area contributed by atoms with Gasteiger partial charge in [-0.2, -0.15) is 0 Å². The van der Waals surface area contributed by atoms with E-state index in [1.807, 2.05) is 17.5 Å². The second kappa shape index (κ2) is 3.44. The highest BCUT2D eigenvalue weighted by Crippen LogP contribution is 2.34. The average molecular weight is 273 g/mol. The highest BCUT2D eigenvalue weighted by atomic mass is 79.9. The Morgan fingerprint density at radius 1 is 1.54 bits per heavy atom. The Balaban J connectivity index is 2.92. The van der Waals surface area contributed by atoms with Gasteiger partial charge in [0.05, 0.1) is 0 Å². The zero-order chi connectivity index (χ0) is 9.42. The summed E-state index contributed by atoms with van der Waals surface area (Å²) in [6.45, 7) is 0. The van der Waals surface area contributed by atoms with Gasteiger partial charge < -0.3 is 0 Å². The van der Waals surface area contributed by atoms with E-state index in [1.165, 1.54) is 0 Å². The Labute approximate surface area is 93.3 Å². The molecule has 66 valence electrons. The van der Waals surface area contributed by atoms with E-state index in [0.717, 1.165) is 25.7 Å². The van der Waals surface area contributed by atoms with Crippen LogP contribution in [0.5, 0.6) is 0 Å². The molecule has 0 aliphatic rings. The molecule has 1 aromatic heterocycles. The Morgan fingerprint density at radius 2 is 2.31 bits per heavy atom. The number of fused-ring (bicyclic) bond motifs is 1. The number of hydrogen-bond donors (Lipinski definition) is 1. The molecule has 0 saturated heterocycles. The molecule has 2 aromatic rings. The number of carbonyl (C=O) groups excluding carboxylic acids is 1. The van der Waals surface area contributed by atoms with Gasteiger partial charge in [0, 0.05) is 25.0 Å². The van der Waals surface area contributed by atoms with Crippen molar-refractivity contribution in [3.63, 3.8) is 0 Å². The molecule has 0 aliphatic heterocycles. The largest absolute Gasteiger partial charge is 0.298 e. The minimum absolute atomic E-state index is 0.620. The molecular weight excluding hydrogens is 268 g/mol. The van der Waals surface area contributed by atoms with Gasteiger partial charge in [-0.3, -0.25) is 4.79 Å². The van der Waals surface area contributed by atoms with Gasteiger partial charge in [0.15, 0.2) is 6.29 Å². The van der Waals surface area contributed by atoms with Crippen LogP contribution < -0.4 is 0 Å². The maximum atomic E-state index is 10.7. The molecule has 0 aliphatic carbocycles. The van der Waals surface area contributed by atoms with Crippen molar-refractivity contribution in [2.45, 2.75) is 4.90 Å². The van der Waals surface area contributed by atoms with Crippen LogP contribution in [0.25, 0.3) is 10.1 Å². The van der Waals surface area contributed by atoms with Gasteiger partial charge in [-0.1, -0.05) is 0 Å². The molecule has 0 atom stereocenters. The number of carbonyl (C=O) groups is 1. The van der Waals surface area contributed by atoms with Crippen LogP contribution in [-0.4, -0.2) is 6.29 Å². The lowest BCUT2D eigenvalue weighted by Crippen LogP contribution is -1.85. The summed E-state index contributed by atoms with van der Waals surface area (Å²) >= 11 is 9.28. The van der Waals surface area contributed by atoms with E-state index in [0.29, 0.717) is 5.56 Å². The van der Waals surface area contributed by atoms with Gasteiger partial charge >= 0.3 is 0 Å². The fourth-order valence-corrected chi connectivity index (χ4v) is 3.34. The fraction of sp³-hybridized carbons (Fsp3) is 0. The maximum Gasteiger partial charge on any atom is 0.152 e. The van der Waals surface area contributed by atoms with E-state index in [-0.39, 0.29) is 0 Å². The van der Waals surface area contributed by atoms with Crippen LogP contribution in [0.3, 0.4) is 0 Å². The summed E-state index contributed by atoms with van der Waals surface area (Å²) in [5.74, 6) is 0. The van der Waals surface area contributed by atoms with Crippen molar-refractivity contribution in [2.75, 3.05) is 0 Å². The fourth-order valence-electron chi connectivity index (χ4n) is 1.19. The first-order valence-corrected chi connectivity index (χ1v) is 5.70. The van der Waals surface area contributed by atoms with Crippen LogP contribution in [0.15, 0.2) is 26.9 Å². The molecule has 0 saturated carbocycles. The first-order valence-electron chi connectivity index (χ1n) is 3.58. The summed E-state index contributed by atoms with van der Waals surface area (Å²) in [6, 6.07) is 3.90. The van der Waals surface area contributed by atoms with E-state index in [9.17, 15) is 4.79 Å². The van der Waals surface area contributed by atoms with Crippen LogP contribution in [0, 0.1) is 0 Å². The number of aldehydes is 1. The maximum absolute atomic E-state index is 10.7. The van der Waals surface area contributed by atoms with Crippen LogP contribution in [0.1, 0.15) is 10.4 Å². The Kier molecular flexibility index (Phi) is 2.45. The van der Waals surface area contributed by atoms with Crippen molar-refractivity contribution >= 4 is 56.3 Å². The first-order chi connectivity index (χ1) is 6.24. The third kappa shape index (κ3) is 1.43. The smallest absolute Gasteiger partial charge is 0.152 e. The molecular formula is C9H5BrOS2. The van der Waals surface area contributed by atoms with Crippen molar-refractivity contribution in [1.82, 2.24) is 0 Å². The summed E-state index contributed by atoms with van der Waals surface area (Å²) in [6.07, 6.45) is 0.823. The monoisotopic (exact) mass is 272 g/mol. The van der Waals surface area contributed by atoms with Crippen LogP contribution in [-0.2, 0) is 0 Å². The molecule has 0 unspecified atom stereocenters. The number of thiol groups is 1. The molecule has 0 spiro atoms.